The summed E-state index contributed by atoms with van der Waals surface area (Å²) in [4.78, 5) is 30.1. The number of aliphatic hydroxyl groups excluding tert-OH is 1. The van der Waals surface area contributed by atoms with Crippen LogP contribution in [-0.4, -0.2) is 69.8 Å². The maximum Gasteiger partial charge on any atom is 0.246 e. The van der Waals surface area contributed by atoms with Crippen LogP contribution in [0.15, 0.2) is 24.3 Å². The summed E-state index contributed by atoms with van der Waals surface area (Å²) < 4.78 is 27.6. The molecule has 2 saturated heterocycles. The van der Waals surface area contributed by atoms with Gasteiger partial charge in [-0.15, -0.1) is 10.2 Å². The van der Waals surface area contributed by atoms with Crippen molar-refractivity contribution in [1.82, 2.24) is 20.4 Å². The van der Waals surface area contributed by atoms with Gasteiger partial charge in [0.15, 0.2) is 5.82 Å². The van der Waals surface area contributed by atoms with Gasteiger partial charge in [-0.3, -0.25) is 9.59 Å². The summed E-state index contributed by atoms with van der Waals surface area (Å²) in [6, 6.07) is 4.18. The minimum absolute atomic E-state index is 0.0752. The first-order valence-electron chi connectivity index (χ1n) is 13.4. The van der Waals surface area contributed by atoms with E-state index in [1.54, 1.807) is 11.0 Å². The Bertz CT molecular complexity index is 1210. The van der Waals surface area contributed by atoms with Gasteiger partial charge in [0.1, 0.15) is 17.7 Å². The van der Waals surface area contributed by atoms with E-state index >= 15 is 0 Å². The number of carbonyl (C=O) groups is 2. The van der Waals surface area contributed by atoms with Gasteiger partial charge in [0.05, 0.1) is 17.5 Å². The summed E-state index contributed by atoms with van der Waals surface area (Å²) in [5.41, 5.74) is 6.61. The quantitative estimate of drug-likeness (QED) is 0.510. The van der Waals surface area contributed by atoms with E-state index in [0.717, 1.165) is 18.9 Å². The first-order valence-corrected chi connectivity index (χ1v) is 13.4. The Labute approximate surface area is 227 Å². The van der Waals surface area contributed by atoms with Crippen LogP contribution in [0.1, 0.15) is 53.4 Å². The average Bonchev–Trinajstić information content (AvgIpc) is 3.20. The lowest BCUT2D eigenvalue weighted by Gasteiger charge is -2.36. The van der Waals surface area contributed by atoms with Crippen LogP contribution < -0.4 is 16.0 Å². The van der Waals surface area contributed by atoms with Gasteiger partial charge in [-0.05, 0) is 55.7 Å². The highest BCUT2D eigenvalue weighted by Crippen LogP contribution is 2.32. The first-order chi connectivity index (χ1) is 18.3. The molecule has 0 aliphatic carbocycles. The fourth-order valence-corrected chi connectivity index (χ4v) is 5.46. The summed E-state index contributed by atoms with van der Waals surface area (Å²) >= 11 is 0. The molecule has 4 rings (SSSR count). The van der Waals surface area contributed by atoms with Crippen molar-refractivity contribution in [1.29, 1.82) is 0 Å². The Kier molecular flexibility index (Phi) is 8.39. The average molecular weight is 545 g/mol. The molecule has 4 N–H and O–H groups in total. The number of anilines is 2. The summed E-state index contributed by atoms with van der Waals surface area (Å²) in [6.45, 7) is 9.19. The van der Waals surface area contributed by atoms with Gasteiger partial charge < -0.3 is 26.0 Å². The number of carbonyl (C=O) groups excluding carboxylic acids is 2. The Hall–Kier alpha value is -3.34. The second-order valence-electron chi connectivity index (χ2n) is 11.9. The fourth-order valence-electron chi connectivity index (χ4n) is 5.46. The molecule has 0 radical (unpaired) electrons. The monoisotopic (exact) mass is 544 g/mol. The standard InChI is InChI=1S/C28H38F2N6O3/c1-16-11-19(37)15-36(16)27(39)25(28(2,3)4)32-24(38)12-17-7-9-35(10-8-17)23-14-22(33-34-26(23)31)20-6-5-18(29)13-21(20)30/h5-6,13-14,16-17,19,25,37H,7-12,15H2,1-4H3,(H2,31,34)(H,32,38)/t16-,19-,25-/m1/s1. The van der Waals surface area contributed by atoms with Gasteiger partial charge in [0.25, 0.3) is 0 Å². The van der Waals surface area contributed by atoms with E-state index in [-0.39, 0.29) is 47.4 Å². The predicted molar refractivity (Wildman–Crippen MR) is 145 cm³/mol. The highest BCUT2D eigenvalue weighted by Gasteiger charge is 2.40. The van der Waals surface area contributed by atoms with Crippen LogP contribution in [0.25, 0.3) is 11.3 Å². The van der Waals surface area contributed by atoms with Crippen molar-refractivity contribution >= 4 is 23.3 Å². The number of piperidine rings is 1. The van der Waals surface area contributed by atoms with Crippen molar-refractivity contribution in [3.05, 3.63) is 35.9 Å². The summed E-state index contributed by atoms with van der Waals surface area (Å²) in [6.07, 6.45) is 1.73. The SMILES string of the molecule is C[C@@H]1C[C@@H](O)CN1C(=O)[C@@H](NC(=O)CC1CCN(c2cc(-c3ccc(F)cc3F)nnc2N)CC1)C(C)(C)C. The Morgan fingerprint density at radius 2 is 1.87 bits per heavy atom. The lowest BCUT2D eigenvalue weighted by molar-refractivity contribution is -0.140. The van der Waals surface area contributed by atoms with Gasteiger partial charge in [-0.25, -0.2) is 8.78 Å². The number of hydrogen-bond acceptors (Lipinski definition) is 7. The number of aliphatic hydroxyl groups is 1. The number of nitrogens with two attached hydrogens (primary N) is 1. The van der Waals surface area contributed by atoms with Crippen LogP contribution in [0.4, 0.5) is 20.3 Å². The van der Waals surface area contributed by atoms with E-state index in [1.165, 1.54) is 12.1 Å². The second kappa shape index (κ2) is 11.4. The first kappa shape index (κ1) is 28.7. The van der Waals surface area contributed by atoms with E-state index in [0.29, 0.717) is 31.6 Å². The number of amides is 2. The molecule has 0 bridgehead atoms. The number of likely N-dealkylation sites (tertiary alicyclic amines) is 1. The number of rotatable bonds is 6. The van der Waals surface area contributed by atoms with Crippen molar-refractivity contribution in [3.63, 3.8) is 0 Å². The third kappa shape index (κ3) is 6.63. The molecule has 0 saturated carbocycles. The minimum atomic E-state index is -0.729. The van der Waals surface area contributed by atoms with Crippen LogP contribution in [0, 0.1) is 23.0 Å². The maximum atomic E-state index is 14.3. The molecule has 1 aromatic carbocycles. The molecule has 3 atom stereocenters. The van der Waals surface area contributed by atoms with Gasteiger partial charge in [0, 0.05) is 43.7 Å². The molecule has 2 aliphatic heterocycles. The normalized spacial score (nSPS) is 21.2. The van der Waals surface area contributed by atoms with Gasteiger partial charge in [0.2, 0.25) is 11.8 Å². The fraction of sp³-hybridized carbons (Fsp3) is 0.571. The van der Waals surface area contributed by atoms with Crippen LogP contribution in [0.3, 0.4) is 0 Å². The summed E-state index contributed by atoms with van der Waals surface area (Å²) in [7, 11) is 0. The Morgan fingerprint density at radius 3 is 2.46 bits per heavy atom. The molecule has 212 valence electrons. The number of aromatic nitrogens is 2. The summed E-state index contributed by atoms with van der Waals surface area (Å²) in [5, 5.41) is 20.9. The largest absolute Gasteiger partial charge is 0.391 e. The van der Waals surface area contributed by atoms with Crippen LogP contribution in [0.5, 0.6) is 0 Å². The van der Waals surface area contributed by atoms with E-state index in [2.05, 4.69) is 15.5 Å². The van der Waals surface area contributed by atoms with E-state index in [1.807, 2.05) is 32.6 Å². The number of β-amino-alcohol motifs (C(OH)–C–C–N with tert-alkyl or cyclic N) is 1. The molecule has 0 spiro atoms. The lowest BCUT2D eigenvalue weighted by atomic mass is 9.85. The zero-order chi connectivity index (χ0) is 28.5. The van der Waals surface area contributed by atoms with Crippen molar-refractivity contribution in [3.8, 4) is 11.3 Å². The molecule has 11 heteroatoms. The molecular formula is C28H38F2N6O3. The number of hydrogen-bond donors (Lipinski definition) is 3. The van der Waals surface area contributed by atoms with Gasteiger partial charge >= 0.3 is 0 Å². The maximum absolute atomic E-state index is 14.3. The molecule has 39 heavy (non-hydrogen) atoms. The number of benzene rings is 1. The Balaban J connectivity index is 1.37. The van der Waals surface area contributed by atoms with E-state index in [9.17, 15) is 23.5 Å². The predicted octanol–water partition coefficient (Wildman–Crippen LogP) is 3.12. The molecule has 2 aliphatic rings. The van der Waals surface area contributed by atoms with Crippen LogP contribution in [0.2, 0.25) is 0 Å². The summed E-state index contributed by atoms with van der Waals surface area (Å²) in [5.74, 6) is -1.41. The number of nitrogens with one attached hydrogen (secondary N) is 1. The number of nitrogens with zero attached hydrogens (tertiary/aromatic N) is 4. The topological polar surface area (TPSA) is 125 Å². The minimum Gasteiger partial charge on any atom is -0.391 e. The molecule has 1 aromatic heterocycles. The second-order valence-corrected chi connectivity index (χ2v) is 11.9. The van der Waals surface area contributed by atoms with Gasteiger partial charge in [-0.1, -0.05) is 20.8 Å². The third-order valence-corrected chi connectivity index (χ3v) is 7.69. The van der Waals surface area contributed by atoms with Crippen molar-refractivity contribution in [2.45, 2.75) is 71.6 Å². The molecular weight excluding hydrogens is 506 g/mol. The van der Waals surface area contributed by atoms with E-state index < -0.39 is 29.2 Å². The molecule has 2 aromatic rings. The molecule has 3 heterocycles. The zero-order valence-corrected chi connectivity index (χ0v) is 23.0. The van der Waals surface area contributed by atoms with Gasteiger partial charge in [-0.2, -0.15) is 0 Å². The smallest absolute Gasteiger partial charge is 0.246 e. The zero-order valence-electron chi connectivity index (χ0n) is 23.0. The number of halogens is 2. The molecule has 0 unspecified atom stereocenters. The van der Waals surface area contributed by atoms with Crippen molar-refractivity contribution in [2.75, 3.05) is 30.3 Å². The lowest BCUT2D eigenvalue weighted by Crippen LogP contribution is -2.55. The van der Waals surface area contributed by atoms with Crippen LogP contribution >= 0.6 is 0 Å². The highest BCUT2D eigenvalue weighted by atomic mass is 19.1. The van der Waals surface area contributed by atoms with Crippen molar-refractivity contribution in [2.24, 2.45) is 11.3 Å². The number of nitrogen functional groups attached to an aromatic ring is 1. The van der Waals surface area contributed by atoms with E-state index in [4.69, 9.17) is 5.73 Å². The third-order valence-electron chi connectivity index (χ3n) is 7.69. The molecule has 9 nitrogen and oxygen atoms in total. The molecule has 2 fully saturated rings. The van der Waals surface area contributed by atoms with Crippen molar-refractivity contribution < 1.29 is 23.5 Å². The highest BCUT2D eigenvalue weighted by molar-refractivity contribution is 5.88. The van der Waals surface area contributed by atoms with Crippen LogP contribution in [-0.2, 0) is 9.59 Å². The Morgan fingerprint density at radius 1 is 1.18 bits per heavy atom. The molecule has 2 amide bonds.